The van der Waals surface area contributed by atoms with E-state index >= 15 is 0 Å². The first-order valence-corrected chi connectivity index (χ1v) is 1.51. The Labute approximate surface area is 47.1 Å². The van der Waals surface area contributed by atoms with E-state index in [2.05, 4.69) is 15.0 Å². The zero-order valence-electron chi connectivity index (χ0n) is 4.41. The van der Waals surface area contributed by atoms with Gasteiger partial charge in [-0.05, 0) is 11.2 Å². The van der Waals surface area contributed by atoms with Gasteiger partial charge in [-0.2, -0.15) is 4.99 Å². The molecule has 5 heteroatoms. The lowest BCUT2D eigenvalue weighted by molar-refractivity contribution is -0.251. The van der Waals surface area contributed by atoms with E-state index in [1.54, 1.807) is 6.08 Å². The van der Waals surface area contributed by atoms with Crippen LogP contribution in [0.15, 0.2) is 17.5 Å². The second-order valence-corrected chi connectivity index (χ2v) is 0.754. The Hall–Kier alpha value is -1.07. The zero-order valence-corrected chi connectivity index (χ0v) is 4.41. The Balaban J connectivity index is 0. The highest BCUT2D eigenvalue weighted by atomic mass is 17.3. The van der Waals surface area contributed by atoms with E-state index < -0.39 is 0 Å². The Morgan fingerprint density at radius 3 is 2.12 bits per heavy atom. The van der Waals surface area contributed by atoms with Crippen LogP contribution in [0.3, 0.4) is 0 Å². The second-order valence-electron chi connectivity index (χ2n) is 0.754. The normalized spacial score (nSPS) is 12.0. The van der Waals surface area contributed by atoms with Gasteiger partial charge in [-0.1, -0.05) is 0 Å². The van der Waals surface area contributed by atoms with Gasteiger partial charge >= 0.3 is 0 Å². The quantitative estimate of drug-likeness (QED) is 0.460. The summed E-state index contributed by atoms with van der Waals surface area (Å²) >= 11 is 0. The molecular weight excluding hydrogens is 110 g/mol. The number of oxime groups is 1. The van der Waals surface area contributed by atoms with E-state index in [1.807, 2.05) is 0 Å². The smallest absolute Gasteiger partial charge is 0.147 e. The molecule has 0 fully saturated rings. The zero-order chi connectivity index (χ0) is 4.24. The maximum absolute atomic E-state index is 4.19. The summed E-state index contributed by atoms with van der Waals surface area (Å²) in [7, 11) is 0. The average molecular weight is 119 g/mol. The van der Waals surface area contributed by atoms with E-state index in [4.69, 9.17) is 0 Å². The summed E-state index contributed by atoms with van der Waals surface area (Å²) in [5.74, 6) is 0. The minimum atomic E-state index is 0. The largest absolute Gasteiger partial charge is 0.344 e. The fourth-order valence-electron chi connectivity index (χ4n) is 0.177. The monoisotopic (exact) mass is 119 g/mol. The Morgan fingerprint density at radius 1 is 1.25 bits per heavy atom. The second kappa shape index (κ2) is 5.93. The van der Waals surface area contributed by atoms with Crippen LogP contribution in [0.5, 0.6) is 0 Å². The molecular formula is C3H9N3O2. The summed E-state index contributed by atoms with van der Waals surface area (Å²) in [5.41, 5.74) is 0. The molecule has 0 aromatic heterocycles. The van der Waals surface area contributed by atoms with Crippen molar-refractivity contribution < 1.29 is 9.88 Å². The van der Waals surface area contributed by atoms with Crippen LogP contribution in [-0.4, -0.2) is 6.21 Å². The molecule has 0 radical (unpaired) electrons. The van der Waals surface area contributed by atoms with Crippen molar-refractivity contribution in [2.45, 2.75) is 0 Å². The lowest BCUT2D eigenvalue weighted by atomic mass is 10.7. The first-order chi connectivity index (χ1) is 3.00. The standard InChI is InChI=1S/C3H3NO2.2H3N/c1-2-4-6-5-3-1;;/h1-3H;2*1H3. The maximum atomic E-state index is 4.19. The third-order valence-corrected chi connectivity index (χ3v) is 0.367. The summed E-state index contributed by atoms with van der Waals surface area (Å²) in [6, 6.07) is 0. The first kappa shape index (κ1) is 10.0. The van der Waals surface area contributed by atoms with E-state index in [0.29, 0.717) is 0 Å². The minimum Gasteiger partial charge on any atom is -0.344 e. The first-order valence-electron chi connectivity index (χ1n) is 1.51. The van der Waals surface area contributed by atoms with Gasteiger partial charge in [0.1, 0.15) is 6.26 Å². The molecule has 48 valence electrons. The van der Waals surface area contributed by atoms with Crippen LogP contribution in [-0.2, 0) is 9.88 Å². The van der Waals surface area contributed by atoms with Crippen molar-refractivity contribution >= 4 is 6.21 Å². The van der Waals surface area contributed by atoms with Crippen LogP contribution < -0.4 is 12.3 Å². The Kier molecular flexibility index (Phi) is 7.43. The molecule has 0 atom stereocenters. The molecule has 1 heterocycles. The van der Waals surface area contributed by atoms with Crippen LogP contribution >= 0.6 is 0 Å². The predicted octanol–water partition coefficient (Wildman–Crippen LogP) is 0.772. The SMILES string of the molecule is C1=COON=C1.N.N. The molecule has 5 nitrogen and oxygen atoms in total. The van der Waals surface area contributed by atoms with Gasteiger partial charge in [0.05, 0.1) is 6.21 Å². The van der Waals surface area contributed by atoms with Crippen LogP contribution in [0.2, 0.25) is 0 Å². The molecule has 1 aliphatic rings. The summed E-state index contributed by atoms with van der Waals surface area (Å²) in [6.45, 7) is 0. The fourth-order valence-corrected chi connectivity index (χ4v) is 0.177. The van der Waals surface area contributed by atoms with E-state index in [0.717, 1.165) is 0 Å². The molecule has 6 N–H and O–H groups in total. The van der Waals surface area contributed by atoms with Crippen LogP contribution in [0.4, 0.5) is 0 Å². The Morgan fingerprint density at radius 2 is 2.00 bits per heavy atom. The average Bonchev–Trinajstić information content (AvgIpc) is 1.72. The van der Waals surface area contributed by atoms with Crippen LogP contribution in [0.25, 0.3) is 0 Å². The van der Waals surface area contributed by atoms with Gasteiger partial charge in [-0.15, -0.1) is 0 Å². The summed E-state index contributed by atoms with van der Waals surface area (Å²) in [5, 5.41) is 3.24. The molecule has 0 aromatic rings. The van der Waals surface area contributed by atoms with Gasteiger partial charge in [0.25, 0.3) is 0 Å². The predicted molar refractivity (Wildman–Crippen MR) is 29.8 cm³/mol. The molecule has 0 aromatic carbocycles. The van der Waals surface area contributed by atoms with Crippen LogP contribution in [0.1, 0.15) is 0 Å². The Bertz CT molecular complexity index is 78.5. The van der Waals surface area contributed by atoms with Crippen molar-refractivity contribution in [1.82, 2.24) is 12.3 Å². The topological polar surface area (TPSA) is 101 Å². The molecule has 0 unspecified atom stereocenters. The van der Waals surface area contributed by atoms with Gasteiger partial charge in [-0.3, -0.25) is 4.89 Å². The fraction of sp³-hybridized carbons (Fsp3) is 0. The summed E-state index contributed by atoms with van der Waals surface area (Å²) in [6.07, 6.45) is 4.51. The van der Waals surface area contributed by atoms with Crippen molar-refractivity contribution in [3.8, 4) is 0 Å². The lowest BCUT2D eigenvalue weighted by Crippen LogP contribution is -1.82. The molecule has 0 bridgehead atoms. The highest BCUT2D eigenvalue weighted by Gasteiger charge is 1.77. The van der Waals surface area contributed by atoms with Crippen molar-refractivity contribution in [1.29, 1.82) is 0 Å². The van der Waals surface area contributed by atoms with Crippen molar-refractivity contribution in [2.75, 3.05) is 0 Å². The molecule has 1 rings (SSSR count). The highest BCUT2D eigenvalue weighted by molar-refractivity contribution is 5.70. The highest BCUT2D eigenvalue weighted by Crippen LogP contribution is 1.84. The van der Waals surface area contributed by atoms with Crippen molar-refractivity contribution in [2.24, 2.45) is 5.16 Å². The molecule has 0 aliphatic carbocycles. The summed E-state index contributed by atoms with van der Waals surface area (Å²) in [4.78, 5) is 8.24. The molecule has 0 saturated carbocycles. The number of hydrogen-bond donors (Lipinski definition) is 2. The number of nitrogens with zero attached hydrogens (tertiary/aromatic N) is 1. The maximum Gasteiger partial charge on any atom is 0.147 e. The van der Waals surface area contributed by atoms with Gasteiger partial charge in [0, 0.05) is 0 Å². The van der Waals surface area contributed by atoms with Gasteiger partial charge in [0.2, 0.25) is 0 Å². The van der Waals surface area contributed by atoms with Crippen molar-refractivity contribution in [3.63, 3.8) is 0 Å². The number of allylic oxidation sites excluding steroid dienone is 1. The van der Waals surface area contributed by atoms with Gasteiger partial charge in [-0.25, -0.2) is 0 Å². The molecule has 1 aliphatic heterocycles. The van der Waals surface area contributed by atoms with Crippen molar-refractivity contribution in [3.05, 3.63) is 12.3 Å². The third kappa shape index (κ3) is 3.13. The molecule has 0 amide bonds. The number of hydrogen-bond acceptors (Lipinski definition) is 5. The number of rotatable bonds is 0. The summed E-state index contributed by atoms with van der Waals surface area (Å²) < 4.78 is 0. The lowest BCUT2D eigenvalue weighted by Gasteiger charge is -1.92. The third-order valence-electron chi connectivity index (χ3n) is 0.367. The molecule has 0 spiro atoms. The van der Waals surface area contributed by atoms with E-state index in [9.17, 15) is 0 Å². The minimum absolute atomic E-state index is 0. The molecule has 0 saturated heterocycles. The van der Waals surface area contributed by atoms with E-state index in [-0.39, 0.29) is 12.3 Å². The van der Waals surface area contributed by atoms with Gasteiger partial charge in [0.15, 0.2) is 0 Å². The van der Waals surface area contributed by atoms with E-state index in [1.165, 1.54) is 12.5 Å². The molecule has 8 heavy (non-hydrogen) atoms. The van der Waals surface area contributed by atoms with Crippen LogP contribution in [0, 0.1) is 0 Å². The van der Waals surface area contributed by atoms with Gasteiger partial charge < -0.3 is 12.3 Å².